The number of fused-ring (bicyclic) bond motifs is 4. The zero-order chi connectivity index (χ0) is 20.9. The van der Waals surface area contributed by atoms with Crippen molar-refractivity contribution >= 4 is 33.0 Å². The van der Waals surface area contributed by atoms with E-state index in [9.17, 15) is 4.79 Å². The van der Waals surface area contributed by atoms with Gasteiger partial charge in [0.1, 0.15) is 15.5 Å². The van der Waals surface area contributed by atoms with Crippen LogP contribution in [-0.4, -0.2) is 10.8 Å². The first-order valence-corrected chi connectivity index (χ1v) is 11.0. The molecule has 1 aliphatic rings. The largest absolute Gasteiger partial charge is 0.464 e. The van der Waals surface area contributed by atoms with Crippen molar-refractivity contribution < 1.29 is 9.21 Å². The molecule has 6 rings (SSSR count). The molecule has 0 fully saturated rings. The van der Waals surface area contributed by atoms with Crippen molar-refractivity contribution in [2.45, 2.75) is 12.8 Å². The van der Waals surface area contributed by atoms with E-state index in [1.807, 2.05) is 48.5 Å². The summed E-state index contributed by atoms with van der Waals surface area (Å²) in [6, 6.07) is 21.5. The van der Waals surface area contributed by atoms with Gasteiger partial charge in [0, 0.05) is 22.1 Å². The molecule has 3 heterocycles. The molecule has 0 spiro atoms. The van der Waals surface area contributed by atoms with Gasteiger partial charge in [-0.05, 0) is 36.1 Å². The molecule has 5 aromatic rings. The minimum atomic E-state index is -0.0788. The lowest BCUT2D eigenvalue weighted by Gasteiger charge is -2.21. The van der Waals surface area contributed by atoms with Crippen LogP contribution in [0.1, 0.15) is 26.4 Å². The molecule has 0 bridgehead atoms. The Morgan fingerprint density at radius 3 is 2.58 bits per heavy atom. The fourth-order valence-corrected chi connectivity index (χ4v) is 5.53. The number of furan rings is 1. The van der Waals surface area contributed by atoms with Gasteiger partial charge in [-0.15, -0.1) is 11.3 Å². The number of hydrogen-bond donors (Lipinski definition) is 1. The molecule has 1 aliphatic carbocycles. The van der Waals surface area contributed by atoms with Gasteiger partial charge in [0.05, 0.1) is 17.6 Å². The maximum Gasteiger partial charge on any atom is 0.205 e. The Kier molecular flexibility index (Phi) is 4.04. The van der Waals surface area contributed by atoms with Gasteiger partial charge < -0.3 is 10.2 Å². The summed E-state index contributed by atoms with van der Waals surface area (Å²) in [4.78, 5) is 19.6. The van der Waals surface area contributed by atoms with Gasteiger partial charge >= 0.3 is 0 Å². The molecule has 0 saturated carbocycles. The Bertz CT molecular complexity index is 1450. The zero-order valence-electron chi connectivity index (χ0n) is 16.6. The second kappa shape index (κ2) is 6.93. The second-order valence-corrected chi connectivity index (χ2v) is 8.67. The molecule has 31 heavy (non-hydrogen) atoms. The van der Waals surface area contributed by atoms with Crippen LogP contribution < -0.4 is 5.73 Å². The average molecular weight is 423 g/mol. The third-order valence-corrected chi connectivity index (χ3v) is 7.00. The van der Waals surface area contributed by atoms with E-state index in [4.69, 9.17) is 15.1 Å². The first-order valence-electron chi connectivity index (χ1n) is 10.2. The first kappa shape index (κ1) is 18.1. The van der Waals surface area contributed by atoms with Gasteiger partial charge in [0.2, 0.25) is 5.78 Å². The molecule has 4 nitrogen and oxygen atoms in total. The number of carbonyl (C=O) groups is 1. The molecule has 2 N–H and O–H groups in total. The van der Waals surface area contributed by atoms with Gasteiger partial charge in [0.15, 0.2) is 0 Å². The number of anilines is 1. The van der Waals surface area contributed by atoms with Crippen molar-refractivity contribution in [3.05, 3.63) is 94.6 Å². The molecule has 0 amide bonds. The van der Waals surface area contributed by atoms with Crippen LogP contribution in [0.25, 0.3) is 32.8 Å². The van der Waals surface area contributed by atoms with Gasteiger partial charge in [-0.2, -0.15) is 0 Å². The fraction of sp³-hybridized carbons (Fsp3) is 0.0769. The number of ketones is 1. The molecular formula is C26H18N2O2S. The molecule has 2 aromatic carbocycles. The molecule has 0 saturated heterocycles. The maximum atomic E-state index is 13.2. The highest BCUT2D eigenvalue weighted by molar-refractivity contribution is 7.21. The molecule has 0 aliphatic heterocycles. The topological polar surface area (TPSA) is 69.1 Å². The Labute approximate surface area is 183 Å². The summed E-state index contributed by atoms with van der Waals surface area (Å²) in [6.07, 6.45) is 3.45. The van der Waals surface area contributed by atoms with Crippen LogP contribution in [-0.2, 0) is 12.8 Å². The van der Waals surface area contributed by atoms with E-state index in [0.29, 0.717) is 16.1 Å². The van der Waals surface area contributed by atoms with E-state index < -0.39 is 0 Å². The molecule has 0 unspecified atom stereocenters. The van der Waals surface area contributed by atoms with E-state index in [1.54, 1.807) is 6.26 Å². The lowest BCUT2D eigenvalue weighted by atomic mass is 9.85. The van der Waals surface area contributed by atoms with Crippen LogP contribution in [0.3, 0.4) is 0 Å². The number of aryl methyl sites for hydroxylation is 1. The summed E-state index contributed by atoms with van der Waals surface area (Å²) in [5.41, 5.74) is 13.2. The van der Waals surface area contributed by atoms with E-state index >= 15 is 0 Å². The highest BCUT2D eigenvalue weighted by Gasteiger charge is 2.28. The quantitative estimate of drug-likeness (QED) is 0.355. The Balaban J connectivity index is 1.67. The number of hydrogen-bond acceptors (Lipinski definition) is 5. The van der Waals surface area contributed by atoms with Crippen LogP contribution in [0.15, 0.2) is 77.4 Å². The minimum absolute atomic E-state index is 0.0788. The van der Waals surface area contributed by atoms with Crippen LogP contribution in [0.4, 0.5) is 5.69 Å². The zero-order valence-corrected chi connectivity index (χ0v) is 17.4. The Hall–Kier alpha value is -3.70. The molecular weight excluding hydrogens is 404 g/mol. The summed E-state index contributed by atoms with van der Waals surface area (Å²) >= 11 is 1.36. The molecule has 0 atom stereocenters. The van der Waals surface area contributed by atoms with E-state index in [2.05, 4.69) is 18.2 Å². The lowest BCUT2D eigenvalue weighted by molar-refractivity contribution is 0.104. The van der Waals surface area contributed by atoms with Gasteiger partial charge in [0.25, 0.3) is 0 Å². The van der Waals surface area contributed by atoms with Gasteiger partial charge in [-0.3, -0.25) is 4.79 Å². The monoisotopic (exact) mass is 422 g/mol. The van der Waals surface area contributed by atoms with E-state index in [1.165, 1.54) is 16.9 Å². The van der Waals surface area contributed by atoms with Crippen LogP contribution in [0.2, 0.25) is 0 Å². The predicted molar refractivity (Wildman–Crippen MR) is 124 cm³/mol. The third-order valence-electron chi connectivity index (χ3n) is 5.90. The first-order chi connectivity index (χ1) is 15.2. The fourth-order valence-electron chi connectivity index (χ4n) is 4.47. The lowest BCUT2D eigenvalue weighted by Crippen LogP contribution is -2.08. The van der Waals surface area contributed by atoms with Crippen molar-refractivity contribution in [1.29, 1.82) is 0 Å². The normalized spacial score (nSPS) is 12.5. The van der Waals surface area contributed by atoms with Crippen molar-refractivity contribution in [2.75, 3.05) is 5.73 Å². The predicted octanol–water partition coefficient (Wildman–Crippen LogP) is 6.14. The number of benzene rings is 2. The van der Waals surface area contributed by atoms with Crippen molar-refractivity contribution in [3.8, 4) is 22.6 Å². The molecule has 5 heteroatoms. The van der Waals surface area contributed by atoms with Crippen molar-refractivity contribution in [2.24, 2.45) is 0 Å². The maximum absolute atomic E-state index is 13.2. The number of rotatable bonds is 3. The number of pyridine rings is 1. The summed E-state index contributed by atoms with van der Waals surface area (Å²) in [5.74, 6) is 0.677. The third kappa shape index (κ3) is 2.74. The van der Waals surface area contributed by atoms with E-state index in [-0.39, 0.29) is 5.78 Å². The van der Waals surface area contributed by atoms with Gasteiger partial charge in [-0.25, -0.2) is 4.98 Å². The molecule has 3 aromatic heterocycles. The summed E-state index contributed by atoms with van der Waals surface area (Å²) in [6.45, 7) is 0. The minimum Gasteiger partial charge on any atom is -0.464 e. The number of nitrogens with two attached hydrogens (primary N) is 1. The van der Waals surface area contributed by atoms with Crippen LogP contribution in [0.5, 0.6) is 0 Å². The van der Waals surface area contributed by atoms with Crippen molar-refractivity contribution in [1.82, 2.24) is 4.98 Å². The second-order valence-electron chi connectivity index (χ2n) is 7.67. The smallest absolute Gasteiger partial charge is 0.205 e. The highest BCUT2D eigenvalue weighted by Crippen LogP contribution is 2.46. The highest BCUT2D eigenvalue weighted by atomic mass is 32.1. The average Bonchev–Trinajstić information content (AvgIpc) is 3.46. The summed E-state index contributed by atoms with van der Waals surface area (Å²) < 4.78 is 5.83. The summed E-state index contributed by atoms with van der Waals surface area (Å²) in [5, 5.41) is 0.817. The number of nitrogen functional groups attached to an aromatic ring is 1. The molecule has 150 valence electrons. The Morgan fingerprint density at radius 1 is 0.968 bits per heavy atom. The van der Waals surface area contributed by atoms with E-state index in [0.717, 1.165) is 51.2 Å². The number of thiophene rings is 1. The molecule has 0 radical (unpaired) electrons. The number of aromatic nitrogens is 1. The van der Waals surface area contributed by atoms with Crippen LogP contribution >= 0.6 is 11.3 Å². The Morgan fingerprint density at radius 2 is 1.77 bits per heavy atom. The van der Waals surface area contributed by atoms with Crippen LogP contribution in [0, 0.1) is 0 Å². The number of carbonyl (C=O) groups excluding carboxylic acids is 1. The number of nitrogens with zero attached hydrogens (tertiary/aromatic N) is 1. The van der Waals surface area contributed by atoms with Gasteiger partial charge in [-0.1, -0.05) is 54.6 Å². The SMILES string of the molecule is Nc1c(C(=O)c2ccccc2)sc2nc3c(c(-c4ccco4)c12)CCc1ccccc1-3. The standard InChI is InChI=1S/C26H18N2O2S/c27-22-21-20(19-11-6-14-30-19)18-13-12-15-7-4-5-10-17(15)23(18)28-26(21)31-25(22)24(29)16-8-2-1-3-9-16/h1-11,14H,12-13,27H2. The van der Waals surface area contributed by atoms with Crippen molar-refractivity contribution in [3.63, 3.8) is 0 Å². The summed E-state index contributed by atoms with van der Waals surface area (Å²) in [7, 11) is 0.